The number of amides is 1. The molecule has 1 fully saturated rings. The van der Waals surface area contributed by atoms with Crippen LogP contribution in [0.3, 0.4) is 0 Å². The second-order valence-corrected chi connectivity index (χ2v) is 10.7. The lowest BCUT2D eigenvalue weighted by molar-refractivity contribution is -0.121. The van der Waals surface area contributed by atoms with Gasteiger partial charge in [-0.25, -0.2) is 13.4 Å². The first-order chi connectivity index (χ1) is 16.9. The molecule has 0 bridgehead atoms. The molecule has 1 aliphatic rings. The lowest BCUT2D eigenvalue weighted by atomic mass is 10.1. The maximum atomic E-state index is 13.1. The first-order valence-electron chi connectivity index (χ1n) is 11.9. The molecule has 2 heterocycles. The SMILES string of the molecule is COc1ccc(S(=O)(=O)N2CCCCC2)cc1CCC(=O)NCc1ccc(-n2ccnc2C)cc1. The van der Waals surface area contributed by atoms with E-state index in [-0.39, 0.29) is 17.2 Å². The van der Waals surface area contributed by atoms with Crippen molar-refractivity contribution in [3.63, 3.8) is 0 Å². The highest BCUT2D eigenvalue weighted by molar-refractivity contribution is 7.89. The van der Waals surface area contributed by atoms with Gasteiger partial charge >= 0.3 is 0 Å². The third-order valence-corrected chi connectivity index (χ3v) is 8.25. The zero-order valence-electron chi connectivity index (χ0n) is 20.2. The summed E-state index contributed by atoms with van der Waals surface area (Å²) < 4.78 is 35.1. The number of aromatic nitrogens is 2. The number of sulfonamides is 1. The Labute approximate surface area is 207 Å². The van der Waals surface area contributed by atoms with Crippen molar-refractivity contribution in [2.45, 2.75) is 50.5 Å². The standard InChI is InChI=1S/C26H32N4O4S/c1-20-27-14-17-30(20)23-9-6-21(7-10-23)19-28-26(31)13-8-22-18-24(11-12-25(22)34-2)35(32,33)29-15-4-3-5-16-29/h6-7,9-12,14,17-18H,3-5,8,13,15-16,19H2,1-2H3,(H,28,31). The van der Waals surface area contributed by atoms with Gasteiger partial charge in [-0.3, -0.25) is 4.79 Å². The summed E-state index contributed by atoms with van der Waals surface area (Å²) in [6.07, 6.45) is 7.11. The van der Waals surface area contributed by atoms with E-state index in [9.17, 15) is 13.2 Å². The van der Waals surface area contributed by atoms with Crippen LogP contribution in [0, 0.1) is 6.92 Å². The van der Waals surface area contributed by atoms with Crippen LogP contribution in [0.4, 0.5) is 0 Å². The maximum Gasteiger partial charge on any atom is 0.243 e. The second kappa shape index (κ2) is 11.0. The third-order valence-electron chi connectivity index (χ3n) is 6.36. The van der Waals surface area contributed by atoms with Crippen molar-refractivity contribution in [1.82, 2.24) is 19.2 Å². The van der Waals surface area contributed by atoms with Crippen LogP contribution in [0.1, 0.15) is 42.6 Å². The molecule has 1 saturated heterocycles. The predicted octanol–water partition coefficient (Wildman–Crippen LogP) is 3.61. The van der Waals surface area contributed by atoms with Crippen molar-refractivity contribution in [3.8, 4) is 11.4 Å². The number of methoxy groups -OCH3 is 1. The van der Waals surface area contributed by atoms with E-state index in [2.05, 4.69) is 10.3 Å². The first-order valence-corrected chi connectivity index (χ1v) is 13.4. The van der Waals surface area contributed by atoms with Crippen LogP contribution in [0.25, 0.3) is 5.69 Å². The Morgan fingerprint density at radius 2 is 1.83 bits per heavy atom. The van der Waals surface area contributed by atoms with E-state index in [1.54, 1.807) is 35.8 Å². The Hall–Kier alpha value is -3.17. The maximum absolute atomic E-state index is 13.1. The summed E-state index contributed by atoms with van der Waals surface area (Å²) in [5.74, 6) is 1.39. The highest BCUT2D eigenvalue weighted by Crippen LogP contribution is 2.27. The zero-order chi connectivity index (χ0) is 24.8. The number of piperidine rings is 1. The van der Waals surface area contributed by atoms with Gasteiger partial charge in [0, 0.05) is 44.1 Å². The third kappa shape index (κ3) is 5.91. The molecule has 2 aromatic carbocycles. The minimum atomic E-state index is -3.55. The van der Waals surface area contributed by atoms with E-state index in [4.69, 9.17) is 4.74 Å². The minimum absolute atomic E-state index is 0.106. The highest BCUT2D eigenvalue weighted by atomic mass is 32.2. The molecule has 0 unspecified atom stereocenters. The summed E-state index contributed by atoms with van der Waals surface area (Å²) in [7, 11) is -2.00. The molecular weight excluding hydrogens is 464 g/mol. The van der Waals surface area contributed by atoms with Gasteiger partial charge in [-0.1, -0.05) is 18.6 Å². The van der Waals surface area contributed by atoms with Crippen LogP contribution < -0.4 is 10.1 Å². The Morgan fingerprint density at radius 3 is 2.49 bits per heavy atom. The van der Waals surface area contributed by atoms with Crippen molar-refractivity contribution in [1.29, 1.82) is 0 Å². The van der Waals surface area contributed by atoms with Crippen molar-refractivity contribution in [2.24, 2.45) is 0 Å². The van der Waals surface area contributed by atoms with Crippen molar-refractivity contribution in [2.75, 3.05) is 20.2 Å². The molecule has 0 spiro atoms. The molecule has 186 valence electrons. The summed E-state index contributed by atoms with van der Waals surface area (Å²) in [6, 6.07) is 12.9. The molecule has 0 aliphatic carbocycles. The Morgan fingerprint density at radius 1 is 1.09 bits per heavy atom. The average molecular weight is 497 g/mol. The van der Waals surface area contributed by atoms with Gasteiger partial charge in [-0.15, -0.1) is 0 Å². The van der Waals surface area contributed by atoms with Crippen molar-refractivity contribution >= 4 is 15.9 Å². The molecule has 1 aromatic heterocycles. The number of ether oxygens (including phenoxy) is 1. The van der Waals surface area contributed by atoms with Gasteiger partial charge in [0.05, 0.1) is 12.0 Å². The fourth-order valence-corrected chi connectivity index (χ4v) is 5.90. The van der Waals surface area contributed by atoms with E-state index in [1.165, 1.54) is 0 Å². The quantitative estimate of drug-likeness (QED) is 0.488. The monoisotopic (exact) mass is 496 g/mol. The molecule has 0 atom stereocenters. The molecule has 35 heavy (non-hydrogen) atoms. The van der Waals surface area contributed by atoms with Crippen LogP contribution in [0.15, 0.2) is 59.8 Å². The van der Waals surface area contributed by atoms with Crippen LogP contribution >= 0.6 is 0 Å². The lowest BCUT2D eigenvalue weighted by Gasteiger charge is -2.26. The van der Waals surface area contributed by atoms with Gasteiger partial charge in [-0.2, -0.15) is 4.31 Å². The average Bonchev–Trinajstić information content (AvgIpc) is 3.32. The summed E-state index contributed by atoms with van der Waals surface area (Å²) in [5.41, 5.74) is 2.72. The Bertz CT molecular complexity index is 1260. The normalized spacial score (nSPS) is 14.6. The zero-order valence-corrected chi connectivity index (χ0v) is 21.1. The molecule has 0 radical (unpaired) electrons. The van der Waals surface area contributed by atoms with Crippen molar-refractivity contribution in [3.05, 3.63) is 71.8 Å². The number of aryl methyl sites for hydroxylation is 2. The molecule has 3 aromatic rings. The van der Waals surface area contributed by atoms with Gasteiger partial charge in [0.25, 0.3) is 0 Å². The van der Waals surface area contributed by atoms with Gasteiger partial charge in [0.1, 0.15) is 11.6 Å². The molecule has 1 N–H and O–H groups in total. The summed E-state index contributed by atoms with van der Waals surface area (Å²) >= 11 is 0. The number of hydrogen-bond donors (Lipinski definition) is 1. The van der Waals surface area contributed by atoms with Crippen molar-refractivity contribution < 1.29 is 17.9 Å². The highest BCUT2D eigenvalue weighted by Gasteiger charge is 2.26. The molecular formula is C26H32N4O4S. The number of benzene rings is 2. The molecule has 9 heteroatoms. The topological polar surface area (TPSA) is 93.5 Å². The van der Waals surface area contributed by atoms with Crippen LogP contribution in [-0.4, -0.2) is 48.4 Å². The fourth-order valence-electron chi connectivity index (χ4n) is 4.33. The molecule has 1 amide bonds. The molecule has 4 rings (SSSR count). The van der Waals surface area contributed by atoms with E-state index in [0.717, 1.165) is 36.3 Å². The summed E-state index contributed by atoms with van der Waals surface area (Å²) in [5, 5.41) is 2.94. The van der Waals surface area contributed by atoms with E-state index in [0.29, 0.717) is 37.4 Å². The predicted molar refractivity (Wildman–Crippen MR) is 134 cm³/mol. The molecule has 1 aliphatic heterocycles. The number of nitrogens with one attached hydrogen (secondary N) is 1. The lowest BCUT2D eigenvalue weighted by Crippen LogP contribution is -2.35. The number of carbonyl (C=O) groups excluding carboxylic acids is 1. The van der Waals surface area contributed by atoms with E-state index < -0.39 is 10.0 Å². The smallest absolute Gasteiger partial charge is 0.243 e. The fraction of sp³-hybridized carbons (Fsp3) is 0.385. The van der Waals surface area contributed by atoms with E-state index in [1.807, 2.05) is 42.0 Å². The second-order valence-electron chi connectivity index (χ2n) is 8.73. The van der Waals surface area contributed by atoms with Gasteiger partial charge in [0.15, 0.2) is 0 Å². The first kappa shape index (κ1) is 24.9. The van der Waals surface area contributed by atoms with Crippen LogP contribution in [-0.2, 0) is 27.8 Å². The molecule has 8 nitrogen and oxygen atoms in total. The summed E-state index contributed by atoms with van der Waals surface area (Å²) in [4.78, 5) is 17.0. The van der Waals surface area contributed by atoms with Crippen LogP contribution in [0.5, 0.6) is 5.75 Å². The molecule has 0 saturated carbocycles. The Kier molecular flexibility index (Phi) is 7.87. The minimum Gasteiger partial charge on any atom is -0.496 e. The Balaban J connectivity index is 1.35. The summed E-state index contributed by atoms with van der Waals surface area (Å²) in [6.45, 7) is 3.47. The van der Waals surface area contributed by atoms with E-state index >= 15 is 0 Å². The van der Waals surface area contributed by atoms with Gasteiger partial charge < -0.3 is 14.6 Å². The number of hydrogen-bond acceptors (Lipinski definition) is 5. The van der Waals surface area contributed by atoms with Gasteiger partial charge in [-0.05, 0) is 67.6 Å². The number of carbonyl (C=O) groups is 1. The number of rotatable bonds is 9. The largest absolute Gasteiger partial charge is 0.496 e. The number of imidazole rings is 1. The van der Waals surface area contributed by atoms with Gasteiger partial charge in [0.2, 0.25) is 15.9 Å². The van der Waals surface area contributed by atoms with Crippen LogP contribution in [0.2, 0.25) is 0 Å². The number of nitrogens with zero attached hydrogens (tertiary/aromatic N) is 3.